The highest BCUT2D eigenvalue weighted by atomic mass is 32.2. The predicted molar refractivity (Wildman–Crippen MR) is 92.6 cm³/mol. The Kier molecular flexibility index (Phi) is 4.64. The lowest BCUT2D eigenvalue weighted by atomic mass is 10.0. The molecular formula is C17H22N2O4S. The van der Waals surface area contributed by atoms with E-state index in [2.05, 4.69) is 12.2 Å². The molecule has 0 fully saturated rings. The molecule has 1 aliphatic rings. The van der Waals surface area contributed by atoms with Crippen molar-refractivity contribution < 1.29 is 12.8 Å². The van der Waals surface area contributed by atoms with Gasteiger partial charge in [0.05, 0.1) is 16.5 Å². The third-order valence-electron chi connectivity index (χ3n) is 4.42. The van der Waals surface area contributed by atoms with E-state index in [1.165, 1.54) is 32.6 Å². The van der Waals surface area contributed by atoms with E-state index in [9.17, 15) is 13.2 Å². The van der Waals surface area contributed by atoms with Crippen molar-refractivity contribution in [2.75, 3.05) is 14.1 Å². The van der Waals surface area contributed by atoms with Crippen molar-refractivity contribution in [3.63, 3.8) is 0 Å². The highest BCUT2D eigenvalue weighted by molar-refractivity contribution is 7.89. The van der Waals surface area contributed by atoms with Gasteiger partial charge in [0.2, 0.25) is 10.0 Å². The molecule has 3 rings (SSSR count). The van der Waals surface area contributed by atoms with Crippen LogP contribution in [0.25, 0.3) is 11.1 Å². The summed E-state index contributed by atoms with van der Waals surface area (Å²) in [5.74, 6) is -0.445. The van der Waals surface area contributed by atoms with Gasteiger partial charge in [0.15, 0.2) is 5.58 Å². The average molecular weight is 350 g/mol. The molecule has 0 saturated heterocycles. The Morgan fingerprint density at radius 2 is 2.00 bits per heavy atom. The number of hydrogen-bond donors (Lipinski definition) is 0. The summed E-state index contributed by atoms with van der Waals surface area (Å²) in [6, 6.07) is 4.56. The molecule has 0 amide bonds. The molecule has 6 nitrogen and oxygen atoms in total. The quantitative estimate of drug-likeness (QED) is 0.798. The number of oxazole rings is 1. The van der Waals surface area contributed by atoms with E-state index in [4.69, 9.17) is 4.42 Å². The van der Waals surface area contributed by atoms with Crippen molar-refractivity contribution in [2.24, 2.45) is 0 Å². The van der Waals surface area contributed by atoms with Crippen LogP contribution in [0, 0.1) is 0 Å². The van der Waals surface area contributed by atoms with Gasteiger partial charge in [-0.25, -0.2) is 17.5 Å². The molecule has 0 radical (unpaired) electrons. The molecule has 1 unspecified atom stereocenters. The average Bonchev–Trinajstić information content (AvgIpc) is 2.82. The fourth-order valence-corrected chi connectivity index (χ4v) is 3.98. The van der Waals surface area contributed by atoms with Gasteiger partial charge >= 0.3 is 5.76 Å². The molecule has 2 aromatic rings. The maximum Gasteiger partial charge on any atom is 0.420 e. The minimum atomic E-state index is -3.56. The lowest BCUT2D eigenvalue weighted by Crippen LogP contribution is -2.22. The number of allylic oxidation sites excluding steroid dienone is 2. The van der Waals surface area contributed by atoms with Crippen LogP contribution < -0.4 is 5.76 Å². The Hall–Kier alpha value is -1.86. The minimum Gasteiger partial charge on any atom is -0.408 e. The van der Waals surface area contributed by atoms with Gasteiger partial charge in [-0.05, 0) is 31.4 Å². The van der Waals surface area contributed by atoms with E-state index in [0.29, 0.717) is 11.1 Å². The Labute approximate surface area is 141 Å². The zero-order valence-electron chi connectivity index (χ0n) is 13.9. The van der Waals surface area contributed by atoms with Crippen LogP contribution in [0.1, 0.15) is 38.1 Å². The van der Waals surface area contributed by atoms with Crippen LogP contribution in [0.4, 0.5) is 0 Å². The molecule has 1 aromatic carbocycles. The molecule has 0 saturated carbocycles. The Bertz CT molecular complexity index is 922. The number of fused-ring (bicyclic) bond motifs is 1. The van der Waals surface area contributed by atoms with Crippen molar-refractivity contribution >= 4 is 21.1 Å². The number of benzene rings is 1. The van der Waals surface area contributed by atoms with Gasteiger partial charge in [-0.1, -0.05) is 25.0 Å². The van der Waals surface area contributed by atoms with Crippen molar-refractivity contribution in [3.8, 4) is 0 Å². The molecule has 1 heterocycles. The van der Waals surface area contributed by atoms with Crippen LogP contribution in [-0.2, 0) is 10.0 Å². The van der Waals surface area contributed by atoms with Gasteiger partial charge in [-0.15, -0.1) is 0 Å². The first-order valence-electron chi connectivity index (χ1n) is 8.15. The van der Waals surface area contributed by atoms with Crippen molar-refractivity contribution in [3.05, 3.63) is 40.9 Å². The molecule has 0 aliphatic heterocycles. The van der Waals surface area contributed by atoms with Crippen molar-refractivity contribution in [2.45, 2.75) is 43.0 Å². The summed E-state index contributed by atoms with van der Waals surface area (Å²) >= 11 is 0. The van der Waals surface area contributed by atoms with E-state index in [1.807, 2.05) is 0 Å². The monoisotopic (exact) mass is 350 g/mol. The molecule has 1 aromatic heterocycles. The van der Waals surface area contributed by atoms with E-state index >= 15 is 0 Å². The van der Waals surface area contributed by atoms with Gasteiger partial charge in [-0.2, -0.15) is 0 Å². The molecule has 0 bridgehead atoms. The topological polar surface area (TPSA) is 72.5 Å². The Morgan fingerprint density at radius 1 is 1.21 bits per heavy atom. The highest BCUT2D eigenvalue weighted by Crippen LogP contribution is 2.26. The summed E-state index contributed by atoms with van der Waals surface area (Å²) < 4.78 is 32.6. The van der Waals surface area contributed by atoms with Crippen molar-refractivity contribution in [1.82, 2.24) is 8.87 Å². The Balaban J connectivity index is 2.09. The number of nitrogens with zero attached hydrogens (tertiary/aromatic N) is 2. The maximum absolute atomic E-state index is 12.3. The Morgan fingerprint density at radius 3 is 2.75 bits per heavy atom. The van der Waals surface area contributed by atoms with Crippen LogP contribution >= 0.6 is 0 Å². The lowest BCUT2D eigenvalue weighted by Gasteiger charge is -2.16. The third-order valence-corrected chi connectivity index (χ3v) is 6.23. The predicted octanol–water partition coefficient (Wildman–Crippen LogP) is 2.91. The molecule has 0 spiro atoms. The van der Waals surface area contributed by atoms with Gasteiger partial charge in [-0.3, -0.25) is 4.57 Å². The second-order valence-corrected chi connectivity index (χ2v) is 8.44. The van der Waals surface area contributed by atoms with E-state index in [1.54, 1.807) is 10.6 Å². The maximum atomic E-state index is 12.3. The summed E-state index contributed by atoms with van der Waals surface area (Å²) in [5, 5.41) is 0. The summed E-state index contributed by atoms with van der Waals surface area (Å²) in [6.07, 6.45) is 9.45. The largest absolute Gasteiger partial charge is 0.420 e. The molecule has 7 heteroatoms. The normalized spacial score (nSPS) is 19.5. The molecule has 130 valence electrons. The van der Waals surface area contributed by atoms with Crippen LogP contribution in [0.3, 0.4) is 0 Å². The minimum absolute atomic E-state index is 0.0460. The van der Waals surface area contributed by atoms with E-state index in [0.717, 1.165) is 30.0 Å². The fraction of sp³-hybridized carbons (Fsp3) is 0.471. The van der Waals surface area contributed by atoms with Crippen LogP contribution in [-0.4, -0.2) is 31.4 Å². The molecule has 0 N–H and O–H groups in total. The highest BCUT2D eigenvalue weighted by Gasteiger charge is 2.22. The number of rotatable bonds is 3. The van der Waals surface area contributed by atoms with Crippen molar-refractivity contribution in [1.29, 1.82) is 0 Å². The summed E-state index contributed by atoms with van der Waals surface area (Å²) in [4.78, 5) is 12.5. The van der Waals surface area contributed by atoms with Crippen LogP contribution in [0.2, 0.25) is 0 Å². The number of sulfonamides is 1. The lowest BCUT2D eigenvalue weighted by molar-refractivity contribution is 0.448. The number of hydrogen-bond acceptors (Lipinski definition) is 4. The molecule has 24 heavy (non-hydrogen) atoms. The summed E-state index contributed by atoms with van der Waals surface area (Å²) in [6.45, 7) is 0. The zero-order chi connectivity index (χ0) is 17.3. The zero-order valence-corrected chi connectivity index (χ0v) is 14.8. The van der Waals surface area contributed by atoms with Gasteiger partial charge < -0.3 is 4.42 Å². The first-order chi connectivity index (χ1) is 11.4. The molecular weight excluding hydrogens is 328 g/mol. The number of aromatic nitrogens is 1. The van der Waals surface area contributed by atoms with Gasteiger partial charge in [0.25, 0.3) is 0 Å². The van der Waals surface area contributed by atoms with E-state index < -0.39 is 15.8 Å². The second-order valence-electron chi connectivity index (χ2n) is 6.29. The third kappa shape index (κ3) is 3.06. The smallest absolute Gasteiger partial charge is 0.408 e. The summed E-state index contributed by atoms with van der Waals surface area (Å²) in [5.41, 5.74) is 0.936. The second kappa shape index (κ2) is 6.57. The fourth-order valence-electron chi connectivity index (χ4n) is 3.06. The van der Waals surface area contributed by atoms with Crippen LogP contribution in [0.15, 0.2) is 44.5 Å². The summed E-state index contributed by atoms with van der Waals surface area (Å²) in [7, 11) is -0.615. The molecule has 1 aliphatic carbocycles. The SMILES string of the molecule is CN(C)S(=O)(=O)c1ccc2c(c1)oc(=O)n2C1C=CCCCCC1. The molecule has 1 atom stereocenters. The first kappa shape index (κ1) is 17.0. The van der Waals surface area contributed by atoms with Crippen LogP contribution in [0.5, 0.6) is 0 Å². The standard InChI is InChI=1S/C17H22N2O4S/c1-18(2)24(21,22)14-10-11-15-16(12-14)23-17(20)19(15)13-8-6-4-3-5-7-9-13/h6,8,10-13H,3-5,7,9H2,1-2H3. The first-order valence-corrected chi connectivity index (χ1v) is 9.59. The van der Waals surface area contributed by atoms with Gasteiger partial charge in [0.1, 0.15) is 0 Å². The van der Waals surface area contributed by atoms with Gasteiger partial charge in [0, 0.05) is 20.2 Å². The van der Waals surface area contributed by atoms with E-state index in [-0.39, 0.29) is 10.9 Å².